The van der Waals surface area contributed by atoms with E-state index in [0.29, 0.717) is 15.8 Å². The van der Waals surface area contributed by atoms with Gasteiger partial charge in [-0.1, -0.05) is 65.8 Å². The van der Waals surface area contributed by atoms with Crippen LogP contribution < -0.4 is 4.74 Å². The van der Waals surface area contributed by atoms with E-state index in [4.69, 9.17) is 40.2 Å². The van der Waals surface area contributed by atoms with Crippen LogP contribution in [0.5, 0.6) is 5.75 Å². The summed E-state index contributed by atoms with van der Waals surface area (Å²) in [7, 11) is 1.60. The van der Waals surface area contributed by atoms with Gasteiger partial charge in [0.1, 0.15) is 10.7 Å². The summed E-state index contributed by atoms with van der Waals surface area (Å²) in [5.41, 5.74) is 2.12. The van der Waals surface area contributed by atoms with E-state index in [1.807, 2.05) is 12.1 Å². The number of nitrogens with zero attached hydrogens (tertiary/aromatic N) is 2. The van der Waals surface area contributed by atoms with Crippen LogP contribution in [0, 0.1) is 0 Å². The second-order valence-corrected chi connectivity index (χ2v) is 7.25. The Labute approximate surface area is 164 Å². The second-order valence-electron chi connectivity index (χ2n) is 6.02. The average molecular weight is 395 g/mol. The summed E-state index contributed by atoms with van der Waals surface area (Å²) in [4.78, 5) is 5.37. The maximum absolute atomic E-state index is 6.24. The molecule has 1 saturated heterocycles. The molecule has 0 amide bonds. The van der Waals surface area contributed by atoms with E-state index < -0.39 is 0 Å². The third-order valence-corrected chi connectivity index (χ3v) is 5.33. The summed E-state index contributed by atoms with van der Waals surface area (Å²) >= 11 is 18.1. The monoisotopic (exact) mass is 394 g/mol. The quantitative estimate of drug-likeness (QED) is 0.709. The lowest BCUT2D eigenvalue weighted by molar-refractivity contribution is 0.177. The Balaban J connectivity index is 1.66. The molecule has 0 atom stereocenters. The predicted molar refractivity (Wildman–Crippen MR) is 108 cm³/mol. The van der Waals surface area contributed by atoms with E-state index in [1.165, 1.54) is 5.56 Å². The van der Waals surface area contributed by atoms with Crippen LogP contribution in [0.25, 0.3) is 0 Å². The van der Waals surface area contributed by atoms with Crippen molar-refractivity contribution in [1.82, 2.24) is 9.80 Å². The van der Waals surface area contributed by atoms with Crippen LogP contribution in [0.4, 0.5) is 0 Å². The molecule has 0 spiro atoms. The number of halogens is 2. The van der Waals surface area contributed by atoms with Gasteiger partial charge >= 0.3 is 0 Å². The first kappa shape index (κ1) is 18.5. The van der Waals surface area contributed by atoms with Crippen molar-refractivity contribution in [1.29, 1.82) is 0 Å². The molecule has 0 aromatic heterocycles. The van der Waals surface area contributed by atoms with Gasteiger partial charge < -0.3 is 9.64 Å². The Morgan fingerprint density at radius 2 is 1.76 bits per heavy atom. The van der Waals surface area contributed by atoms with Crippen molar-refractivity contribution < 1.29 is 4.74 Å². The summed E-state index contributed by atoms with van der Waals surface area (Å²) in [6.07, 6.45) is 0. The fraction of sp³-hybridized carbons (Fsp3) is 0.316. The first-order valence-electron chi connectivity index (χ1n) is 8.17. The maximum Gasteiger partial charge on any atom is 0.147 e. The van der Waals surface area contributed by atoms with Crippen LogP contribution >= 0.6 is 35.4 Å². The lowest BCUT2D eigenvalue weighted by Crippen LogP contribution is -2.48. The van der Waals surface area contributed by atoms with Crippen molar-refractivity contribution in [2.45, 2.75) is 6.54 Å². The molecule has 0 saturated carbocycles. The van der Waals surface area contributed by atoms with Gasteiger partial charge in [-0.25, -0.2) is 0 Å². The molecule has 1 aliphatic rings. The molecule has 132 valence electrons. The highest BCUT2D eigenvalue weighted by molar-refractivity contribution is 7.80. The smallest absolute Gasteiger partial charge is 0.147 e. The molecule has 6 heteroatoms. The van der Waals surface area contributed by atoms with Crippen molar-refractivity contribution in [2.24, 2.45) is 0 Å². The summed E-state index contributed by atoms with van der Waals surface area (Å²) in [6, 6.07) is 14.0. The number of thiocarbonyl (C=S) groups is 1. The molecule has 3 nitrogen and oxygen atoms in total. The summed E-state index contributed by atoms with van der Waals surface area (Å²) < 4.78 is 5.43. The lowest BCUT2D eigenvalue weighted by Gasteiger charge is -2.36. The minimum absolute atomic E-state index is 0.482. The van der Waals surface area contributed by atoms with Crippen molar-refractivity contribution in [2.75, 3.05) is 33.3 Å². The highest BCUT2D eigenvalue weighted by atomic mass is 35.5. The molecule has 1 aliphatic heterocycles. The van der Waals surface area contributed by atoms with Gasteiger partial charge in [0, 0.05) is 37.7 Å². The normalized spacial score (nSPS) is 15.2. The number of hydrogen-bond acceptors (Lipinski definition) is 3. The highest BCUT2D eigenvalue weighted by Gasteiger charge is 2.23. The molecule has 1 fully saturated rings. The lowest BCUT2D eigenvalue weighted by atomic mass is 10.1. The van der Waals surface area contributed by atoms with E-state index in [1.54, 1.807) is 13.2 Å². The molecular formula is C19H20Cl2N2OS. The number of benzene rings is 2. The van der Waals surface area contributed by atoms with Crippen LogP contribution in [0.3, 0.4) is 0 Å². The van der Waals surface area contributed by atoms with Gasteiger partial charge in [0.05, 0.1) is 17.7 Å². The Bertz CT molecular complexity index is 747. The van der Waals surface area contributed by atoms with E-state index in [2.05, 4.69) is 34.1 Å². The average Bonchev–Trinajstić information content (AvgIpc) is 2.62. The van der Waals surface area contributed by atoms with E-state index in [0.717, 1.165) is 43.3 Å². The minimum Gasteiger partial charge on any atom is -0.494 e. The van der Waals surface area contributed by atoms with E-state index in [-0.39, 0.29) is 0 Å². The Morgan fingerprint density at radius 1 is 1.08 bits per heavy atom. The number of piperazine rings is 1. The molecule has 0 aliphatic carbocycles. The van der Waals surface area contributed by atoms with Gasteiger partial charge in [0.15, 0.2) is 0 Å². The van der Waals surface area contributed by atoms with E-state index in [9.17, 15) is 0 Å². The Morgan fingerprint density at radius 3 is 2.40 bits per heavy atom. The van der Waals surface area contributed by atoms with Gasteiger partial charge in [-0.3, -0.25) is 4.90 Å². The van der Waals surface area contributed by atoms with Crippen LogP contribution in [-0.2, 0) is 6.54 Å². The SMILES string of the molecule is COc1c(Cl)cc(Cl)cc1C(=S)N1CCN(Cc2ccccc2)CC1. The molecule has 1 heterocycles. The van der Waals surface area contributed by atoms with Gasteiger partial charge in [-0.15, -0.1) is 0 Å². The molecule has 0 bridgehead atoms. The maximum atomic E-state index is 6.24. The van der Waals surface area contributed by atoms with Crippen LogP contribution in [-0.4, -0.2) is 48.1 Å². The van der Waals surface area contributed by atoms with Crippen molar-refractivity contribution in [3.63, 3.8) is 0 Å². The van der Waals surface area contributed by atoms with Crippen molar-refractivity contribution >= 4 is 40.4 Å². The Hall–Kier alpha value is -1.33. The number of rotatable bonds is 4. The topological polar surface area (TPSA) is 15.7 Å². The largest absolute Gasteiger partial charge is 0.494 e. The summed E-state index contributed by atoms with van der Waals surface area (Å²) in [5.74, 6) is 0.586. The third-order valence-electron chi connectivity index (χ3n) is 4.35. The van der Waals surface area contributed by atoms with Gasteiger partial charge in [0.25, 0.3) is 0 Å². The van der Waals surface area contributed by atoms with Crippen LogP contribution in [0.1, 0.15) is 11.1 Å². The molecule has 3 rings (SSSR count). The standard InChI is InChI=1S/C19H20Cl2N2OS/c1-24-18-16(11-15(20)12-17(18)21)19(25)23-9-7-22(8-10-23)13-14-5-3-2-4-6-14/h2-6,11-12H,7-10,13H2,1H3. The molecule has 0 unspecified atom stereocenters. The van der Waals surface area contributed by atoms with Crippen molar-refractivity contribution in [3.05, 3.63) is 63.6 Å². The third kappa shape index (κ3) is 4.45. The number of methoxy groups -OCH3 is 1. The first-order valence-corrected chi connectivity index (χ1v) is 9.33. The number of hydrogen-bond donors (Lipinski definition) is 0. The van der Waals surface area contributed by atoms with Gasteiger partial charge in [-0.2, -0.15) is 0 Å². The van der Waals surface area contributed by atoms with E-state index >= 15 is 0 Å². The molecular weight excluding hydrogens is 375 g/mol. The van der Waals surface area contributed by atoms with Crippen LogP contribution in [0.15, 0.2) is 42.5 Å². The van der Waals surface area contributed by atoms with Gasteiger partial charge in [0.2, 0.25) is 0 Å². The molecule has 0 radical (unpaired) electrons. The molecule has 2 aromatic carbocycles. The molecule has 0 N–H and O–H groups in total. The minimum atomic E-state index is 0.482. The Kier molecular flexibility index (Phi) is 6.18. The highest BCUT2D eigenvalue weighted by Crippen LogP contribution is 2.33. The zero-order valence-corrected chi connectivity index (χ0v) is 16.4. The summed E-state index contributed by atoms with van der Waals surface area (Å²) in [5, 5.41) is 1.04. The zero-order chi connectivity index (χ0) is 17.8. The number of ether oxygens (including phenoxy) is 1. The van der Waals surface area contributed by atoms with Crippen LogP contribution in [0.2, 0.25) is 10.0 Å². The summed E-state index contributed by atoms with van der Waals surface area (Å²) in [6.45, 7) is 4.64. The fourth-order valence-electron chi connectivity index (χ4n) is 3.05. The molecule has 25 heavy (non-hydrogen) atoms. The van der Waals surface area contributed by atoms with Gasteiger partial charge in [-0.05, 0) is 17.7 Å². The predicted octanol–water partition coefficient (Wildman–Crippen LogP) is 4.50. The fourth-order valence-corrected chi connectivity index (χ4v) is 3.95. The zero-order valence-electron chi connectivity index (χ0n) is 14.0. The first-order chi connectivity index (χ1) is 12.1. The second kappa shape index (κ2) is 8.37. The van der Waals surface area contributed by atoms with Crippen molar-refractivity contribution in [3.8, 4) is 5.75 Å². The molecule has 2 aromatic rings.